The van der Waals surface area contributed by atoms with Gasteiger partial charge in [0.25, 0.3) is 0 Å². The smallest absolute Gasteiger partial charge is 0.417 e. The van der Waals surface area contributed by atoms with E-state index in [1.54, 1.807) is 18.2 Å². The molecular weight excluding hydrogens is 451 g/mol. The summed E-state index contributed by atoms with van der Waals surface area (Å²) in [5, 5.41) is 15.6. The molecule has 4 aromatic rings. The number of nitro groups is 1. The molecule has 0 aliphatic rings. The van der Waals surface area contributed by atoms with Gasteiger partial charge in [-0.3, -0.25) is 10.1 Å². The van der Waals surface area contributed by atoms with Crippen molar-refractivity contribution in [2.24, 2.45) is 0 Å². The van der Waals surface area contributed by atoms with Crippen LogP contribution >= 0.6 is 11.6 Å². The minimum Gasteiger partial charge on any atom is -0.434 e. The number of ether oxygens (including phenoxy) is 1. The lowest BCUT2D eigenvalue weighted by Crippen LogP contribution is -2.08. The molecule has 0 spiro atoms. The van der Waals surface area contributed by atoms with Gasteiger partial charge in [0.2, 0.25) is 5.82 Å². The van der Waals surface area contributed by atoms with Gasteiger partial charge in [0.1, 0.15) is 12.1 Å². The number of nitrogens with zero attached hydrogens (tertiary/aromatic N) is 4. The Bertz CT molecular complexity index is 1330. The Hall–Kier alpha value is -3.99. The van der Waals surface area contributed by atoms with Crippen molar-refractivity contribution >= 4 is 39.7 Å². The minimum atomic E-state index is -4.64. The number of alkyl halides is 3. The maximum Gasteiger partial charge on any atom is 0.417 e. The fourth-order valence-corrected chi connectivity index (χ4v) is 3.05. The molecule has 12 heteroatoms. The quantitative estimate of drug-likeness (QED) is 0.281. The van der Waals surface area contributed by atoms with Crippen LogP contribution in [0.4, 0.5) is 30.5 Å². The van der Waals surface area contributed by atoms with Gasteiger partial charge in [-0.2, -0.15) is 18.2 Å². The number of nitrogens with one attached hydrogen (secondary N) is 1. The van der Waals surface area contributed by atoms with Crippen LogP contribution in [0.1, 0.15) is 5.56 Å². The lowest BCUT2D eigenvalue weighted by Gasteiger charge is -2.11. The van der Waals surface area contributed by atoms with E-state index in [1.165, 1.54) is 0 Å². The Morgan fingerprint density at radius 1 is 1.00 bits per heavy atom. The van der Waals surface area contributed by atoms with Crippen LogP contribution in [0.5, 0.6) is 11.6 Å². The average Bonchev–Trinajstić information content (AvgIpc) is 2.74. The lowest BCUT2D eigenvalue weighted by molar-refractivity contribution is -0.385. The van der Waals surface area contributed by atoms with Crippen molar-refractivity contribution in [3.8, 4) is 11.6 Å². The van der Waals surface area contributed by atoms with Crippen LogP contribution in [0.25, 0.3) is 10.8 Å². The van der Waals surface area contributed by atoms with Gasteiger partial charge in [0, 0.05) is 6.20 Å². The van der Waals surface area contributed by atoms with E-state index in [4.69, 9.17) is 16.3 Å². The first-order valence-corrected chi connectivity index (χ1v) is 9.26. The van der Waals surface area contributed by atoms with Crippen molar-refractivity contribution in [1.82, 2.24) is 15.0 Å². The summed E-state index contributed by atoms with van der Waals surface area (Å²) in [5.74, 6) is -0.680. The Balaban J connectivity index is 1.68. The van der Waals surface area contributed by atoms with Crippen molar-refractivity contribution in [1.29, 1.82) is 0 Å². The summed E-state index contributed by atoms with van der Waals surface area (Å²) >= 11 is 5.87. The first-order chi connectivity index (χ1) is 15.2. The standard InChI is InChI=1S/C20H11ClF3N5O3/c21-15-8-13(20(22,23)24)9-25-17(15)28-18-16(29(30)31)19(27-10-26-18)32-14-6-5-11-3-1-2-4-12(11)7-14/h1-10H,(H,25,26,27,28). The van der Waals surface area contributed by atoms with Crippen molar-refractivity contribution in [3.63, 3.8) is 0 Å². The highest BCUT2D eigenvalue weighted by atomic mass is 35.5. The van der Waals surface area contributed by atoms with Gasteiger partial charge in [-0.25, -0.2) is 9.97 Å². The summed E-state index contributed by atoms with van der Waals surface area (Å²) in [6, 6.07) is 13.2. The van der Waals surface area contributed by atoms with Gasteiger partial charge in [0.15, 0.2) is 5.82 Å². The normalized spacial score (nSPS) is 11.4. The lowest BCUT2D eigenvalue weighted by atomic mass is 10.1. The number of pyridine rings is 1. The van der Waals surface area contributed by atoms with Gasteiger partial charge >= 0.3 is 17.7 Å². The van der Waals surface area contributed by atoms with Crippen LogP contribution in [0, 0.1) is 10.1 Å². The topological polar surface area (TPSA) is 103 Å². The highest BCUT2D eigenvalue weighted by molar-refractivity contribution is 6.33. The molecule has 0 bridgehead atoms. The van der Waals surface area contributed by atoms with E-state index in [9.17, 15) is 23.3 Å². The van der Waals surface area contributed by atoms with E-state index in [1.807, 2.05) is 24.3 Å². The Morgan fingerprint density at radius 2 is 1.75 bits per heavy atom. The van der Waals surface area contributed by atoms with Crippen molar-refractivity contribution in [3.05, 3.63) is 81.8 Å². The van der Waals surface area contributed by atoms with Gasteiger partial charge in [-0.1, -0.05) is 41.9 Å². The van der Waals surface area contributed by atoms with Crippen LogP contribution in [0.3, 0.4) is 0 Å². The van der Waals surface area contributed by atoms with Crippen molar-refractivity contribution in [2.45, 2.75) is 6.18 Å². The summed E-state index contributed by atoms with van der Waals surface area (Å²) in [6.07, 6.45) is -3.09. The first-order valence-electron chi connectivity index (χ1n) is 8.88. The van der Waals surface area contributed by atoms with E-state index in [2.05, 4.69) is 20.3 Å². The third kappa shape index (κ3) is 4.37. The SMILES string of the molecule is O=[N+]([O-])c1c(Nc2ncc(C(F)(F)F)cc2Cl)ncnc1Oc1ccc2ccccc2c1. The molecule has 8 nitrogen and oxygen atoms in total. The van der Waals surface area contributed by atoms with Crippen molar-refractivity contribution < 1.29 is 22.8 Å². The third-order valence-corrected chi connectivity index (χ3v) is 4.60. The van der Waals surface area contributed by atoms with Gasteiger partial charge < -0.3 is 10.1 Å². The summed E-state index contributed by atoms with van der Waals surface area (Å²) < 4.78 is 44.0. The van der Waals surface area contributed by atoms with Gasteiger partial charge in [-0.15, -0.1) is 0 Å². The van der Waals surface area contributed by atoms with Crippen LogP contribution < -0.4 is 10.1 Å². The molecule has 0 aliphatic heterocycles. The Morgan fingerprint density at radius 3 is 2.44 bits per heavy atom. The zero-order valence-corrected chi connectivity index (χ0v) is 16.6. The molecule has 0 radical (unpaired) electrons. The first kappa shape index (κ1) is 21.2. The molecular formula is C20H11ClF3N5O3. The molecule has 0 saturated heterocycles. The molecule has 0 saturated carbocycles. The van der Waals surface area contributed by atoms with Crippen LogP contribution in [-0.4, -0.2) is 19.9 Å². The maximum absolute atomic E-state index is 12.8. The molecule has 0 atom stereocenters. The number of halogens is 4. The second kappa shape index (κ2) is 8.27. The van der Waals surface area contributed by atoms with Gasteiger partial charge in [-0.05, 0) is 29.0 Å². The number of fused-ring (bicyclic) bond motifs is 1. The van der Waals surface area contributed by atoms with E-state index in [0.717, 1.165) is 17.1 Å². The van der Waals surface area contributed by atoms with E-state index in [-0.39, 0.29) is 17.5 Å². The summed E-state index contributed by atoms with van der Waals surface area (Å²) in [6.45, 7) is 0. The Kier molecular flexibility index (Phi) is 5.49. The molecule has 0 aliphatic carbocycles. The number of hydrogen-bond acceptors (Lipinski definition) is 7. The largest absolute Gasteiger partial charge is 0.434 e. The number of benzene rings is 2. The molecule has 2 aromatic heterocycles. The van der Waals surface area contributed by atoms with E-state index in [0.29, 0.717) is 18.0 Å². The number of hydrogen-bond donors (Lipinski definition) is 1. The fourth-order valence-electron chi connectivity index (χ4n) is 2.83. The highest BCUT2D eigenvalue weighted by Crippen LogP contribution is 2.38. The minimum absolute atomic E-state index is 0.252. The highest BCUT2D eigenvalue weighted by Gasteiger charge is 2.32. The monoisotopic (exact) mass is 461 g/mol. The summed E-state index contributed by atoms with van der Waals surface area (Å²) in [7, 11) is 0. The number of rotatable bonds is 5. The number of anilines is 2. The molecule has 2 heterocycles. The summed E-state index contributed by atoms with van der Waals surface area (Å²) in [5.41, 5.74) is -1.70. The summed E-state index contributed by atoms with van der Waals surface area (Å²) in [4.78, 5) is 22.2. The van der Waals surface area contributed by atoms with E-state index < -0.39 is 27.4 Å². The predicted molar refractivity (Wildman–Crippen MR) is 110 cm³/mol. The average molecular weight is 462 g/mol. The molecule has 0 fully saturated rings. The molecule has 2 aromatic carbocycles. The van der Waals surface area contributed by atoms with Crippen LogP contribution in [-0.2, 0) is 6.18 Å². The van der Waals surface area contributed by atoms with Crippen LogP contribution in [0.15, 0.2) is 61.1 Å². The van der Waals surface area contributed by atoms with E-state index >= 15 is 0 Å². The molecule has 0 unspecified atom stereocenters. The molecule has 1 N–H and O–H groups in total. The predicted octanol–water partition coefficient (Wildman–Crippen LogP) is 6.14. The van der Waals surface area contributed by atoms with Gasteiger partial charge in [0.05, 0.1) is 15.5 Å². The second-order valence-electron chi connectivity index (χ2n) is 6.42. The molecule has 4 rings (SSSR count). The molecule has 0 amide bonds. The molecule has 162 valence electrons. The maximum atomic E-state index is 12.8. The van der Waals surface area contributed by atoms with Crippen LogP contribution in [0.2, 0.25) is 5.02 Å². The fraction of sp³-hybridized carbons (Fsp3) is 0.0500. The zero-order chi connectivity index (χ0) is 22.9. The second-order valence-corrected chi connectivity index (χ2v) is 6.83. The van der Waals surface area contributed by atoms with Crippen molar-refractivity contribution in [2.75, 3.05) is 5.32 Å². The zero-order valence-electron chi connectivity index (χ0n) is 15.8. The number of aromatic nitrogens is 3. The third-order valence-electron chi connectivity index (χ3n) is 4.31. The Labute approximate surface area is 182 Å². The molecule has 32 heavy (non-hydrogen) atoms.